The molecule has 0 aliphatic carbocycles. The van der Waals surface area contributed by atoms with Crippen molar-refractivity contribution in [2.45, 2.75) is 27.7 Å². The Balaban J connectivity index is 2.56. The predicted octanol–water partition coefficient (Wildman–Crippen LogP) is 1.99. The monoisotopic (exact) mass is 345 g/mol. The van der Waals surface area contributed by atoms with E-state index in [0.29, 0.717) is 9.20 Å². The summed E-state index contributed by atoms with van der Waals surface area (Å²) in [7, 11) is 3.33. The standard InChI is InChI=1S/C19H23NO3S/c1-12-9-13(7-8-14(12)23-6)10-15-18(22)20(5)17(24-15)11-16(21)19(2,3)4/h7-11H,1-6H3/b15-10-,17-11-. The van der Waals surface area contributed by atoms with E-state index >= 15 is 0 Å². The third-order valence-electron chi connectivity index (χ3n) is 3.77. The number of nitrogens with zero attached hydrogens (tertiary/aromatic N) is 1. The van der Waals surface area contributed by atoms with E-state index in [1.54, 1.807) is 20.2 Å². The summed E-state index contributed by atoms with van der Waals surface area (Å²) in [4.78, 5) is 24.6. The van der Waals surface area contributed by atoms with Crippen LogP contribution in [0.3, 0.4) is 0 Å². The molecule has 1 aromatic heterocycles. The lowest BCUT2D eigenvalue weighted by Gasteiger charge is -2.12. The molecule has 0 saturated carbocycles. The first-order valence-corrected chi connectivity index (χ1v) is 8.53. The second kappa shape index (κ2) is 6.77. The Morgan fingerprint density at radius 2 is 1.96 bits per heavy atom. The minimum absolute atomic E-state index is 0.00573. The van der Waals surface area contributed by atoms with E-state index in [-0.39, 0.29) is 11.3 Å². The highest BCUT2D eigenvalue weighted by Crippen LogP contribution is 2.18. The molecule has 24 heavy (non-hydrogen) atoms. The van der Waals surface area contributed by atoms with Gasteiger partial charge in [0.1, 0.15) is 10.4 Å². The van der Waals surface area contributed by atoms with Gasteiger partial charge >= 0.3 is 0 Å². The summed E-state index contributed by atoms with van der Waals surface area (Å²) in [6, 6.07) is 5.77. The number of aromatic nitrogens is 1. The van der Waals surface area contributed by atoms with Gasteiger partial charge in [-0.15, -0.1) is 11.3 Å². The summed E-state index contributed by atoms with van der Waals surface area (Å²) in [5.74, 6) is 0.822. The summed E-state index contributed by atoms with van der Waals surface area (Å²) in [5.41, 5.74) is 1.38. The second-order valence-corrected chi connectivity index (χ2v) is 7.86. The van der Waals surface area contributed by atoms with Crippen molar-refractivity contribution in [3.63, 3.8) is 0 Å². The van der Waals surface area contributed by atoms with Crippen LogP contribution in [0, 0.1) is 12.3 Å². The van der Waals surface area contributed by atoms with Crippen molar-refractivity contribution < 1.29 is 9.53 Å². The second-order valence-electron chi connectivity index (χ2n) is 6.80. The van der Waals surface area contributed by atoms with Gasteiger partial charge in [0.25, 0.3) is 5.56 Å². The van der Waals surface area contributed by atoms with Crippen LogP contribution in [0.15, 0.2) is 23.0 Å². The third-order valence-corrected chi connectivity index (χ3v) is 4.88. The molecule has 0 unspecified atom stereocenters. The summed E-state index contributed by atoms with van der Waals surface area (Å²) in [5, 5.41) is 0. The SMILES string of the molecule is COc1ccc(/C=c2\s/c(=C\C(=O)C(C)(C)C)n(C)c2=O)cc1C. The molecule has 0 aliphatic heterocycles. The molecule has 2 rings (SSSR count). The number of ether oxygens (including phenoxy) is 1. The summed E-state index contributed by atoms with van der Waals surface area (Å²) >= 11 is 1.33. The fourth-order valence-electron chi connectivity index (χ4n) is 2.18. The number of ketones is 1. The number of aryl methyl sites for hydroxylation is 1. The molecule has 128 valence electrons. The van der Waals surface area contributed by atoms with Gasteiger partial charge in [-0.05, 0) is 36.3 Å². The lowest BCUT2D eigenvalue weighted by molar-refractivity contribution is -0.120. The molecule has 0 spiro atoms. The van der Waals surface area contributed by atoms with Crippen molar-refractivity contribution in [1.29, 1.82) is 0 Å². The molecule has 0 radical (unpaired) electrons. The number of hydrogen-bond acceptors (Lipinski definition) is 4. The van der Waals surface area contributed by atoms with Gasteiger partial charge in [-0.25, -0.2) is 0 Å². The zero-order valence-corrected chi connectivity index (χ0v) is 15.8. The van der Waals surface area contributed by atoms with Crippen molar-refractivity contribution >= 4 is 29.3 Å². The Labute approximate surface area is 145 Å². The first kappa shape index (κ1) is 18.2. The molecular formula is C19H23NO3S. The molecule has 5 heteroatoms. The van der Waals surface area contributed by atoms with Crippen LogP contribution in [-0.4, -0.2) is 17.5 Å². The lowest BCUT2D eigenvalue weighted by Crippen LogP contribution is -2.30. The zero-order valence-electron chi connectivity index (χ0n) is 15.0. The highest BCUT2D eigenvalue weighted by atomic mass is 32.1. The largest absolute Gasteiger partial charge is 0.496 e. The Hall–Kier alpha value is -2.14. The van der Waals surface area contributed by atoms with Crippen LogP contribution in [0.25, 0.3) is 12.2 Å². The van der Waals surface area contributed by atoms with E-state index in [9.17, 15) is 9.59 Å². The summed E-state index contributed by atoms with van der Waals surface area (Å²) < 4.78 is 8.05. The number of carbonyl (C=O) groups is 1. The van der Waals surface area contributed by atoms with E-state index < -0.39 is 5.41 Å². The molecule has 0 aliphatic rings. The van der Waals surface area contributed by atoms with Gasteiger partial charge in [0, 0.05) is 18.5 Å². The smallest absolute Gasteiger partial charge is 0.268 e. The molecule has 1 heterocycles. The third kappa shape index (κ3) is 3.85. The van der Waals surface area contributed by atoms with Gasteiger partial charge in [0.15, 0.2) is 5.78 Å². The number of carbonyl (C=O) groups excluding carboxylic acids is 1. The van der Waals surface area contributed by atoms with Crippen LogP contribution in [0.1, 0.15) is 31.9 Å². The molecule has 2 aromatic rings. The average Bonchev–Trinajstić information content (AvgIpc) is 2.75. The Bertz CT molecular complexity index is 942. The first-order valence-electron chi connectivity index (χ1n) is 7.72. The van der Waals surface area contributed by atoms with Crippen molar-refractivity contribution in [2.24, 2.45) is 12.5 Å². The van der Waals surface area contributed by atoms with E-state index in [4.69, 9.17) is 4.74 Å². The first-order chi connectivity index (χ1) is 11.1. The summed E-state index contributed by atoms with van der Waals surface area (Å²) in [6.07, 6.45) is 3.40. The summed E-state index contributed by atoms with van der Waals surface area (Å²) in [6.45, 7) is 7.56. The van der Waals surface area contributed by atoms with Crippen LogP contribution in [0.5, 0.6) is 5.75 Å². The maximum absolute atomic E-state index is 12.4. The molecule has 0 amide bonds. The van der Waals surface area contributed by atoms with Crippen LogP contribution < -0.4 is 19.5 Å². The van der Waals surface area contributed by atoms with Crippen LogP contribution in [0.4, 0.5) is 0 Å². The number of thiazole rings is 1. The van der Waals surface area contributed by atoms with Crippen LogP contribution >= 0.6 is 11.3 Å². The zero-order chi connectivity index (χ0) is 18.1. The van der Waals surface area contributed by atoms with Crippen LogP contribution in [-0.2, 0) is 11.8 Å². The Morgan fingerprint density at radius 3 is 2.50 bits per heavy atom. The Kier molecular flexibility index (Phi) is 5.13. The average molecular weight is 345 g/mol. The van der Waals surface area contributed by atoms with E-state index in [2.05, 4.69) is 0 Å². The van der Waals surface area contributed by atoms with Crippen molar-refractivity contribution in [1.82, 2.24) is 4.57 Å². The number of benzene rings is 1. The minimum atomic E-state index is -0.461. The number of hydrogen-bond donors (Lipinski definition) is 0. The maximum Gasteiger partial charge on any atom is 0.268 e. The predicted molar refractivity (Wildman–Crippen MR) is 99.0 cm³/mol. The van der Waals surface area contributed by atoms with Gasteiger partial charge in [-0.2, -0.15) is 0 Å². The Morgan fingerprint density at radius 1 is 1.29 bits per heavy atom. The quantitative estimate of drug-likeness (QED) is 0.855. The molecule has 0 atom stereocenters. The molecular weight excluding hydrogens is 322 g/mol. The van der Waals surface area contributed by atoms with Gasteiger partial charge in [-0.1, -0.05) is 26.8 Å². The van der Waals surface area contributed by atoms with Crippen LogP contribution in [0.2, 0.25) is 0 Å². The van der Waals surface area contributed by atoms with Gasteiger partial charge in [-0.3, -0.25) is 9.59 Å². The van der Waals surface area contributed by atoms with Gasteiger partial charge in [0.2, 0.25) is 0 Å². The van der Waals surface area contributed by atoms with E-state index in [1.807, 2.05) is 52.0 Å². The van der Waals surface area contributed by atoms with Gasteiger partial charge < -0.3 is 9.30 Å². The topological polar surface area (TPSA) is 48.3 Å². The highest BCUT2D eigenvalue weighted by Gasteiger charge is 2.19. The van der Waals surface area contributed by atoms with E-state index in [0.717, 1.165) is 16.9 Å². The van der Waals surface area contributed by atoms with Crippen molar-refractivity contribution in [3.05, 3.63) is 48.9 Å². The van der Waals surface area contributed by atoms with E-state index in [1.165, 1.54) is 15.9 Å². The molecule has 0 N–H and O–H groups in total. The molecule has 4 nitrogen and oxygen atoms in total. The number of rotatable bonds is 3. The fourth-order valence-corrected chi connectivity index (χ4v) is 3.21. The molecule has 1 aromatic carbocycles. The van der Waals surface area contributed by atoms with Gasteiger partial charge in [0.05, 0.1) is 11.6 Å². The van der Waals surface area contributed by atoms with Crippen molar-refractivity contribution in [2.75, 3.05) is 7.11 Å². The normalized spacial score (nSPS) is 13.4. The maximum atomic E-state index is 12.4. The lowest BCUT2D eigenvalue weighted by atomic mass is 9.91. The number of Topliss-reactive ketones (excluding diaryl/α,β-unsaturated/α-hetero) is 1. The number of methoxy groups -OCH3 is 1. The molecule has 0 fully saturated rings. The fraction of sp³-hybridized carbons (Fsp3) is 0.368. The highest BCUT2D eigenvalue weighted by molar-refractivity contribution is 7.07. The minimum Gasteiger partial charge on any atom is -0.496 e. The van der Waals surface area contributed by atoms with Crippen molar-refractivity contribution in [3.8, 4) is 5.75 Å². The molecule has 0 bridgehead atoms. The molecule has 0 saturated heterocycles.